The van der Waals surface area contributed by atoms with Gasteiger partial charge in [0, 0.05) is 11.5 Å². The lowest BCUT2D eigenvalue weighted by Crippen LogP contribution is -2.44. The Labute approximate surface area is 152 Å². The van der Waals surface area contributed by atoms with Crippen molar-refractivity contribution in [1.82, 2.24) is 10.2 Å². The van der Waals surface area contributed by atoms with Crippen molar-refractivity contribution in [3.8, 4) is 0 Å². The Hall–Kier alpha value is 1.20. The Kier molecular flexibility index (Phi) is 14.4. The summed E-state index contributed by atoms with van der Waals surface area (Å²) in [5, 5.41) is 3.18. The molecular weight excluding hydrogens is 385 g/mol. The van der Waals surface area contributed by atoms with Crippen LogP contribution in [0.4, 0.5) is 0 Å². The number of amides is 1. The Morgan fingerprint density at radius 3 is 2.43 bits per heavy atom. The van der Waals surface area contributed by atoms with Gasteiger partial charge in [0.05, 0.1) is 12.7 Å². The zero-order valence-corrected chi connectivity index (χ0v) is 17.5. The minimum Gasteiger partial charge on any atom is -0.318 e. The smallest absolute Gasteiger partial charge is 0.242 e. The molecule has 0 aromatic rings. The topological polar surface area (TPSA) is 49.4 Å². The highest BCUT2D eigenvalue weighted by atomic mass is 33.1. The van der Waals surface area contributed by atoms with Crippen LogP contribution in [0.25, 0.3) is 0 Å². The molecule has 0 aromatic carbocycles. The normalized spacial score (nSPS) is 19.2. The molecule has 1 rings (SSSR count). The third kappa shape index (κ3) is 8.57. The number of Topliss-reactive ketones (excluding diaryl/α,β-unsaturated/α-hetero) is 1. The SMILES string of the molecule is CSS.CSSCC1NCN(C(CSSC)C(C)=O)C1=O. The van der Waals surface area contributed by atoms with Gasteiger partial charge in [0.1, 0.15) is 6.04 Å². The summed E-state index contributed by atoms with van der Waals surface area (Å²) in [6.45, 7) is 2.04. The van der Waals surface area contributed by atoms with Crippen molar-refractivity contribution in [1.29, 1.82) is 0 Å². The summed E-state index contributed by atoms with van der Waals surface area (Å²) < 4.78 is 0. The maximum absolute atomic E-state index is 12.2. The molecular formula is C11H22N2O2S6. The van der Waals surface area contributed by atoms with Crippen LogP contribution in [-0.2, 0) is 9.59 Å². The number of nitrogens with zero attached hydrogens (tertiary/aromatic N) is 1. The van der Waals surface area contributed by atoms with Crippen LogP contribution in [0, 0.1) is 0 Å². The monoisotopic (exact) mass is 406 g/mol. The molecule has 0 aromatic heterocycles. The molecule has 1 heterocycles. The molecule has 1 aliphatic heterocycles. The molecule has 0 radical (unpaired) electrons. The lowest BCUT2D eigenvalue weighted by molar-refractivity contribution is -0.135. The molecule has 0 aliphatic carbocycles. The standard InChI is InChI=1S/C10H18N2O2S4.CH4S2/c1-7(13)9(5-18-16-3)12-6-11-8(10(12)14)4-17-15-2;1-3-2/h8-9,11H,4-6H2,1-3H3;2H,1H3. The van der Waals surface area contributed by atoms with E-state index in [0.29, 0.717) is 12.4 Å². The predicted octanol–water partition coefficient (Wildman–Crippen LogP) is 2.92. The molecule has 0 bridgehead atoms. The molecule has 1 N–H and O–H groups in total. The Bertz CT molecular complexity index is 321. The highest BCUT2D eigenvalue weighted by Crippen LogP contribution is 2.24. The first-order valence-corrected chi connectivity index (χ1v) is 13.8. The first-order valence-electron chi connectivity index (χ1n) is 6.06. The fourth-order valence-electron chi connectivity index (χ4n) is 1.66. The largest absolute Gasteiger partial charge is 0.318 e. The van der Waals surface area contributed by atoms with Crippen molar-refractivity contribution in [2.45, 2.75) is 19.0 Å². The van der Waals surface area contributed by atoms with Crippen LogP contribution in [-0.4, -0.2) is 65.6 Å². The van der Waals surface area contributed by atoms with Gasteiger partial charge in [-0.25, -0.2) is 0 Å². The maximum atomic E-state index is 12.2. The van der Waals surface area contributed by atoms with E-state index in [1.165, 1.54) is 10.8 Å². The molecule has 4 nitrogen and oxygen atoms in total. The van der Waals surface area contributed by atoms with Crippen molar-refractivity contribution in [2.75, 3.05) is 36.9 Å². The van der Waals surface area contributed by atoms with Gasteiger partial charge in [-0.05, 0) is 25.7 Å². The number of hydrogen-bond donors (Lipinski definition) is 2. The second-order valence-corrected chi connectivity index (χ2v) is 10.6. The molecule has 10 heteroatoms. The highest BCUT2D eigenvalue weighted by molar-refractivity contribution is 8.76. The van der Waals surface area contributed by atoms with Crippen molar-refractivity contribution in [2.24, 2.45) is 0 Å². The van der Waals surface area contributed by atoms with E-state index in [0.717, 1.165) is 5.75 Å². The van der Waals surface area contributed by atoms with E-state index < -0.39 is 0 Å². The van der Waals surface area contributed by atoms with Gasteiger partial charge in [-0.3, -0.25) is 14.9 Å². The van der Waals surface area contributed by atoms with E-state index in [9.17, 15) is 9.59 Å². The fraction of sp³-hybridized carbons (Fsp3) is 0.818. The molecule has 124 valence electrons. The van der Waals surface area contributed by atoms with Crippen LogP contribution in [0.2, 0.25) is 0 Å². The van der Waals surface area contributed by atoms with Gasteiger partial charge in [0.25, 0.3) is 0 Å². The fourth-order valence-corrected chi connectivity index (χ4v) is 4.49. The Morgan fingerprint density at radius 2 is 1.95 bits per heavy atom. The number of nitrogens with one attached hydrogen (secondary N) is 1. The molecule has 21 heavy (non-hydrogen) atoms. The lowest BCUT2D eigenvalue weighted by Gasteiger charge is -2.24. The van der Waals surface area contributed by atoms with E-state index >= 15 is 0 Å². The number of thiol groups is 1. The number of rotatable bonds is 8. The van der Waals surface area contributed by atoms with Gasteiger partial charge >= 0.3 is 0 Å². The summed E-state index contributed by atoms with van der Waals surface area (Å²) in [5.41, 5.74) is 0. The van der Waals surface area contributed by atoms with Crippen molar-refractivity contribution >= 4 is 77.3 Å². The van der Waals surface area contributed by atoms with Crippen LogP contribution < -0.4 is 5.32 Å². The van der Waals surface area contributed by atoms with Gasteiger partial charge in [-0.2, -0.15) is 0 Å². The minimum atomic E-state index is -0.299. The van der Waals surface area contributed by atoms with Crippen LogP contribution in [0.5, 0.6) is 0 Å². The van der Waals surface area contributed by atoms with Crippen molar-refractivity contribution < 1.29 is 9.59 Å². The summed E-state index contributed by atoms with van der Waals surface area (Å²) in [7, 11) is 8.00. The lowest BCUT2D eigenvalue weighted by atomic mass is 10.2. The second-order valence-electron chi connectivity index (χ2n) is 3.93. The summed E-state index contributed by atoms with van der Waals surface area (Å²) in [6.07, 6.45) is 5.88. The average Bonchev–Trinajstić information content (AvgIpc) is 2.79. The molecule has 1 saturated heterocycles. The van der Waals surface area contributed by atoms with Crippen molar-refractivity contribution in [3.05, 3.63) is 0 Å². The second kappa shape index (κ2) is 13.6. The van der Waals surface area contributed by atoms with Gasteiger partial charge in [0.15, 0.2) is 5.78 Å². The Balaban J connectivity index is 0.00000122. The van der Waals surface area contributed by atoms with Crippen LogP contribution in [0.3, 0.4) is 0 Å². The first-order chi connectivity index (χ1) is 10.0. The minimum absolute atomic E-state index is 0.0541. The summed E-state index contributed by atoms with van der Waals surface area (Å²) in [4.78, 5) is 25.5. The summed E-state index contributed by atoms with van der Waals surface area (Å²) >= 11 is 3.71. The average molecular weight is 407 g/mol. The highest BCUT2D eigenvalue weighted by Gasteiger charge is 2.37. The van der Waals surface area contributed by atoms with Gasteiger partial charge in [0.2, 0.25) is 5.91 Å². The molecule has 1 amide bonds. The van der Waals surface area contributed by atoms with Crippen LogP contribution in [0.15, 0.2) is 0 Å². The van der Waals surface area contributed by atoms with Crippen LogP contribution in [0.1, 0.15) is 6.92 Å². The third-order valence-electron chi connectivity index (χ3n) is 2.63. The van der Waals surface area contributed by atoms with Gasteiger partial charge in [-0.1, -0.05) is 43.2 Å². The van der Waals surface area contributed by atoms with E-state index in [-0.39, 0.29) is 23.8 Å². The molecule has 1 fully saturated rings. The van der Waals surface area contributed by atoms with Gasteiger partial charge < -0.3 is 4.90 Å². The summed E-state index contributed by atoms with van der Waals surface area (Å²) in [6, 6.07) is -0.449. The Morgan fingerprint density at radius 1 is 1.38 bits per heavy atom. The molecule has 0 saturated carbocycles. The quantitative estimate of drug-likeness (QED) is 0.471. The van der Waals surface area contributed by atoms with E-state index in [4.69, 9.17) is 0 Å². The van der Waals surface area contributed by atoms with E-state index in [2.05, 4.69) is 17.0 Å². The number of hydrogen-bond acceptors (Lipinski definition) is 9. The third-order valence-corrected chi connectivity index (χ3v) is 6.25. The zero-order valence-electron chi connectivity index (χ0n) is 12.5. The maximum Gasteiger partial charge on any atom is 0.242 e. The van der Waals surface area contributed by atoms with Crippen LogP contribution >= 0.6 is 65.6 Å². The first kappa shape index (κ1) is 22.2. The van der Waals surface area contributed by atoms with E-state index in [1.807, 2.05) is 18.8 Å². The number of carbonyl (C=O) groups excluding carboxylic acids is 2. The molecule has 0 spiro atoms. The zero-order chi connectivity index (χ0) is 16.3. The predicted molar refractivity (Wildman–Crippen MR) is 108 cm³/mol. The number of ketones is 1. The molecule has 1 aliphatic rings. The number of carbonyl (C=O) groups is 2. The summed E-state index contributed by atoms with van der Waals surface area (Å²) in [5.74, 6) is 1.52. The van der Waals surface area contributed by atoms with E-state index in [1.54, 1.807) is 55.0 Å². The van der Waals surface area contributed by atoms with Crippen molar-refractivity contribution in [3.63, 3.8) is 0 Å². The molecule has 2 unspecified atom stereocenters. The van der Waals surface area contributed by atoms with Gasteiger partial charge in [-0.15, -0.1) is 22.5 Å². The molecule has 2 atom stereocenters.